The first-order valence-corrected chi connectivity index (χ1v) is 11.3. The summed E-state index contributed by atoms with van der Waals surface area (Å²) in [6.07, 6.45) is 2.04. The lowest BCUT2D eigenvalue weighted by Gasteiger charge is -2.30. The third-order valence-electron chi connectivity index (χ3n) is 5.96. The quantitative estimate of drug-likeness (QED) is 0.355. The molecule has 0 aliphatic carbocycles. The van der Waals surface area contributed by atoms with Crippen LogP contribution < -0.4 is 10.4 Å². The van der Waals surface area contributed by atoms with Gasteiger partial charge in [-0.1, -0.05) is 36.4 Å². The summed E-state index contributed by atoms with van der Waals surface area (Å²) in [5.41, 5.74) is 1.49. The number of allylic oxidation sites excluding steroid dienone is 1. The molecule has 0 atom stereocenters. The van der Waals surface area contributed by atoms with Crippen molar-refractivity contribution in [2.45, 2.75) is 32.4 Å². The molecular weight excluding hydrogens is 470 g/mol. The molecule has 2 heterocycles. The Bertz CT molecular complexity index is 1260. The van der Waals surface area contributed by atoms with E-state index in [2.05, 4.69) is 11.5 Å². The minimum Gasteiger partial charge on any atom is -0.478 e. The number of halogens is 1. The molecule has 0 unspecified atom stereocenters. The molecule has 35 heavy (non-hydrogen) atoms. The van der Waals surface area contributed by atoms with Gasteiger partial charge in [0.05, 0.1) is 13.2 Å². The number of fused-ring (bicyclic) bond motifs is 1. The number of carboxylic acid groups (broad SMARTS) is 1. The van der Waals surface area contributed by atoms with Crippen LogP contribution in [-0.2, 0) is 22.5 Å². The second-order valence-electron chi connectivity index (χ2n) is 8.86. The number of hydrogen-bond acceptors (Lipinski definition) is 6. The van der Waals surface area contributed by atoms with Crippen molar-refractivity contribution >= 4 is 29.3 Å². The Kier molecular flexibility index (Phi) is 8.38. The zero-order valence-corrected chi connectivity index (χ0v) is 20.7. The molecule has 1 saturated heterocycles. The lowest BCUT2D eigenvalue weighted by Crippen LogP contribution is -2.39. The average Bonchev–Trinajstić information content (AvgIpc) is 2.82. The van der Waals surface area contributed by atoms with E-state index in [4.69, 9.17) is 13.9 Å². The summed E-state index contributed by atoms with van der Waals surface area (Å²) in [7, 11) is 0. The predicted molar refractivity (Wildman–Crippen MR) is 138 cm³/mol. The van der Waals surface area contributed by atoms with Gasteiger partial charge in [0, 0.05) is 42.2 Å². The van der Waals surface area contributed by atoms with Crippen LogP contribution in [0.25, 0.3) is 22.1 Å². The number of benzene rings is 2. The van der Waals surface area contributed by atoms with E-state index < -0.39 is 17.2 Å². The van der Waals surface area contributed by atoms with Crippen molar-refractivity contribution in [2.24, 2.45) is 0 Å². The van der Waals surface area contributed by atoms with Crippen LogP contribution in [0, 0.1) is 0 Å². The highest BCUT2D eigenvalue weighted by Gasteiger charge is 2.33. The molecule has 2 aromatic carbocycles. The van der Waals surface area contributed by atoms with Crippen molar-refractivity contribution in [2.75, 3.05) is 26.3 Å². The Labute approximate surface area is 210 Å². The SMILES string of the molecule is C=CCc1c(OC(C)(C)C(=O)O)c(CN2CCOCC2)cc2c(-c3ccccc3)cc(=O)oc12.Cl. The molecule has 186 valence electrons. The molecule has 1 aliphatic rings. The lowest BCUT2D eigenvalue weighted by molar-refractivity contribution is -0.152. The molecule has 0 saturated carbocycles. The maximum absolute atomic E-state index is 12.6. The zero-order chi connectivity index (χ0) is 24.3. The summed E-state index contributed by atoms with van der Waals surface area (Å²) in [4.78, 5) is 26.7. The largest absolute Gasteiger partial charge is 0.478 e. The standard InChI is InChI=1S/C27H29NO6.ClH/c1-4-8-20-24(34-27(2,3)26(30)31)19(17-28-11-13-32-14-12-28)15-22-21(16-23(29)33-25(20)22)18-9-6-5-7-10-18;/h4-7,9-10,15-16H,1,8,11-14,17H2,2-3H3,(H,30,31);1H. The molecule has 7 nitrogen and oxygen atoms in total. The number of ether oxygens (including phenoxy) is 2. The maximum atomic E-state index is 12.6. The Hall–Kier alpha value is -3.13. The van der Waals surface area contributed by atoms with Gasteiger partial charge in [-0.05, 0) is 37.5 Å². The first-order chi connectivity index (χ1) is 16.3. The Morgan fingerprint density at radius 3 is 2.51 bits per heavy atom. The van der Waals surface area contributed by atoms with Crippen LogP contribution >= 0.6 is 12.4 Å². The first-order valence-electron chi connectivity index (χ1n) is 11.3. The van der Waals surface area contributed by atoms with E-state index >= 15 is 0 Å². The molecule has 0 radical (unpaired) electrons. The smallest absolute Gasteiger partial charge is 0.347 e. The number of carboxylic acids is 1. The van der Waals surface area contributed by atoms with Crippen LogP contribution in [0.3, 0.4) is 0 Å². The molecule has 0 amide bonds. The van der Waals surface area contributed by atoms with Gasteiger partial charge in [0.15, 0.2) is 5.60 Å². The molecule has 1 N–H and O–H groups in total. The monoisotopic (exact) mass is 499 g/mol. The van der Waals surface area contributed by atoms with Gasteiger partial charge in [-0.25, -0.2) is 9.59 Å². The fourth-order valence-electron chi connectivity index (χ4n) is 4.14. The van der Waals surface area contributed by atoms with Gasteiger partial charge in [0.2, 0.25) is 0 Å². The first kappa shape index (κ1) is 26.5. The van der Waals surface area contributed by atoms with Crippen LogP contribution in [0.5, 0.6) is 5.75 Å². The Morgan fingerprint density at radius 1 is 1.20 bits per heavy atom. The van der Waals surface area contributed by atoms with Crippen LogP contribution in [0.4, 0.5) is 0 Å². The maximum Gasteiger partial charge on any atom is 0.347 e. The average molecular weight is 500 g/mol. The van der Waals surface area contributed by atoms with E-state index in [1.54, 1.807) is 6.08 Å². The van der Waals surface area contributed by atoms with Crippen molar-refractivity contribution in [3.8, 4) is 16.9 Å². The second-order valence-corrected chi connectivity index (χ2v) is 8.86. The minimum atomic E-state index is -1.49. The van der Waals surface area contributed by atoms with Gasteiger partial charge in [0.1, 0.15) is 11.3 Å². The van der Waals surface area contributed by atoms with Gasteiger partial charge in [-0.3, -0.25) is 4.90 Å². The van der Waals surface area contributed by atoms with Crippen LogP contribution in [0.15, 0.2) is 64.3 Å². The third-order valence-corrected chi connectivity index (χ3v) is 5.96. The molecule has 0 bridgehead atoms. The summed E-state index contributed by atoms with van der Waals surface area (Å²) in [5, 5.41) is 10.5. The minimum absolute atomic E-state index is 0. The normalized spacial score (nSPS) is 14.3. The summed E-state index contributed by atoms with van der Waals surface area (Å²) in [6, 6.07) is 13.1. The van der Waals surface area contributed by atoms with E-state index in [0.717, 1.165) is 35.2 Å². The van der Waals surface area contributed by atoms with Gasteiger partial charge in [0.25, 0.3) is 0 Å². The highest BCUT2D eigenvalue weighted by atomic mass is 35.5. The number of morpholine rings is 1. The highest BCUT2D eigenvalue weighted by Crippen LogP contribution is 2.39. The number of rotatable bonds is 8. The van der Waals surface area contributed by atoms with E-state index in [-0.39, 0.29) is 12.4 Å². The molecule has 3 aromatic rings. The summed E-state index contributed by atoms with van der Waals surface area (Å²) < 4.78 is 17.3. The van der Waals surface area contributed by atoms with E-state index in [0.29, 0.717) is 43.1 Å². The number of hydrogen-bond donors (Lipinski definition) is 1. The molecule has 0 spiro atoms. The van der Waals surface area contributed by atoms with Gasteiger partial charge in [-0.2, -0.15) is 0 Å². The second kappa shape index (κ2) is 11.1. The van der Waals surface area contributed by atoms with Gasteiger partial charge in [-0.15, -0.1) is 19.0 Å². The molecule has 1 aliphatic heterocycles. The molecule has 4 rings (SSSR count). The van der Waals surface area contributed by atoms with Crippen LogP contribution in [0.2, 0.25) is 0 Å². The van der Waals surface area contributed by atoms with E-state index in [9.17, 15) is 14.7 Å². The third kappa shape index (κ3) is 5.75. The van der Waals surface area contributed by atoms with Crippen molar-refractivity contribution in [3.63, 3.8) is 0 Å². The Balaban J connectivity index is 0.00000342. The molecule has 8 heteroatoms. The predicted octanol–water partition coefficient (Wildman–Crippen LogP) is 4.68. The fourth-order valence-corrected chi connectivity index (χ4v) is 4.14. The van der Waals surface area contributed by atoms with Crippen molar-refractivity contribution in [1.82, 2.24) is 4.90 Å². The molecular formula is C27H30ClNO6. The molecule has 1 fully saturated rings. The zero-order valence-electron chi connectivity index (χ0n) is 19.9. The number of nitrogens with zero attached hydrogens (tertiary/aromatic N) is 1. The van der Waals surface area contributed by atoms with E-state index in [1.165, 1.54) is 19.9 Å². The van der Waals surface area contributed by atoms with Crippen molar-refractivity contribution in [3.05, 3.63) is 76.7 Å². The number of aliphatic carboxylic acids is 1. The van der Waals surface area contributed by atoms with Gasteiger partial charge < -0.3 is 19.0 Å². The fraction of sp³-hybridized carbons (Fsp3) is 0.333. The van der Waals surface area contributed by atoms with Crippen LogP contribution in [-0.4, -0.2) is 47.9 Å². The number of carbonyl (C=O) groups is 1. The summed E-state index contributed by atoms with van der Waals surface area (Å²) in [6.45, 7) is 10.2. The van der Waals surface area contributed by atoms with Crippen molar-refractivity contribution in [1.29, 1.82) is 0 Å². The Morgan fingerprint density at radius 2 is 1.89 bits per heavy atom. The topological polar surface area (TPSA) is 89.2 Å². The van der Waals surface area contributed by atoms with E-state index in [1.807, 2.05) is 36.4 Å². The molecule has 1 aromatic heterocycles. The summed E-state index contributed by atoms with van der Waals surface area (Å²) >= 11 is 0. The van der Waals surface area contributed by atoms with Crippen molar-refractivity contribution < 1.29 is 23.8 Å². The summed E-state index contributed by atoms with van der Waals surface area (Å²) in [5.74, 6) is -0.673. The highest BCUT2D eigenvalue weighted by molar-refractivity contribution is 5.96. The van der Waals surface area contributed by atoms with Gasteiger partial charge >= 0.3 is 11.6 Å². The lowest BCUT2D eigenvalue weighted by atomic mass is 9.95. The van der Waals surface area contributed by atoms with Crippen LogP contribution in [0.1, 0.15) is 25.0 Å².